The Morgan fingerprint density at radius 1 is 1.24 bits per heavy atom. The summed E-state index contributed by atoms with van der Waals surface area (Å²) in [5.41, 5.74) is 1.91. The van der Waals surface area contributed by atoms with Gasteiger partial charge in [0.05, 0.1) is 0 Å². The molecule has 0 aromatic heterocycles. The van der Waals surface area contributed by atoms with Gasteiger partial charge in [-0.25, -0.2) is 4.39 Å². The number of nitrogens with one attached hydrogen (secondary N) is 1. The van der Waals surface area contributed by atoms with Crippen molar-refractivity contribution in [2.24, 2.45) is 5.92 Å². The van der Waals surface area contributed by atoms with Crippen LogP contribution in [0.1, 0.15) is 16.8 Å². The number of aromatic hydroxyl groups is 1. The Bertz CT molecular complexity index is 678. The van der Waals surface area contributed by atoms with Crippen molar-refractivity contribution in [2.45, 2.75) is 6.42 Å². The number of ketones is 1. The number of carbonyl (C=O) groups excluding carboxylic acids is 1. The summed E-state index contributed by atoms with van der Waals surface area (Å²) in [5.74, 6) is -1.00. The van der Waals surface area contributed by atoms with Crippen LogP contribution in [0.4, 0.5) is 4.39 Å². The summed E-state index contributed by atoms with van der Waals surface area (Å²) in [4.78, 5) is 12.6. The monoisotopic (exact) mass is 285 g/mol. The molecule has 1 atom stereocenters. The molecule has 0 bridgehead atoms. The maximum Gasteiger partial charge on any atom is 0.167 e. The highest BCUT2D eigenvalue weighted by Gasteiger charge is 2.25. The molecule has 1 aliphatic rings. The summed E-state index contributed by atoms with van der Waals surface area (Å²) in [7, 11) is 0. The molecule has 1 aliphatic heterocycles. The van der Waals surface area contributed by atoms with Crippen LogP contribution in [0.15, 0.2) is 42.5 Å². The van der Waals surface area contributed by atoms with E-state index in [4.69, 9.17) is 0 Å². The first kappa shape index (κ1) is 13.8. The highest BCUT2D eigenvalue weighted by atomic mass is 19.1. The number of phenols is 1. The molecule has 0 amide bonds. The molecule has 3 rings (SSSR count). The fourth-order valence-corrected chi connectivity index (χ4v) is 2.72. The first-order chi connectivity index (χ1) is 10.2. The van der Waals surface area contributed by atoms with Crippen LogP contribution < -0.4 is 5.32 Å². The maximum atomic E-state index is 13.6. The first-order valence-corrected chi connectivity index (χ1v) is 6.99. The number of hydrogen-bond donors (Lipinski definition) is 2. The lowest BCUT2D eigenvalue weighted by Crippen LogP contribution is -2.18. The Morgan fingerprint density at radius 3 is 2.76 bits per heavy atom. The van der Waals surface area contributed by atoms with Gasteiger partial charge in [0, 0.05) is 18.0 Å². The van der Waals surface area contributed by atoms with Gasteiger partial charge in [-0.15, -0.1) is 0 Å². The van der Waals surface area contributed by atoms with Gasteiger partial charge in [0.15, 0.2) is 17.3 Å². The van der Waals surface area contributed by atoms with Gasteiger partial charge in [0.2, 0.25) is 0 Å². The normalized spacial score (nSPS) is 17.9. The van der Waals surface area contributed by atoms with Crippen LogP contribution in [0.25, 0.3) is 11.1 Å². The van der Waals surface area contributed by atoms with Gasteiger partial charge >= 0.3 is 0 Å². The smallest absolute Gasteiger partial charge is 0.167 e. The second-order valence-electron chi connectivity index (χ2n) is 5.27. The van der Waals surface area contributed by atoms with Crippen molar-refractivity contribution < 1.29 is 14.3 Å². The lowest BCUT2D eigenvalue weighted by atomic mass is 9.90. The van der Waals surface area contributed by atoms with E-state index in [-0.39, 0.29) is 17.5 Å². The molecule has 0 saturated carbocycles. The van der Waals surface area contributed by atoms with Crippen LogP contribution in [0.3, 0.4) is 0 Å². The zero-order chi connectivity index (χ0) is 14.8. The van der Waals surface area contributed by atoms with Crippen LogP contribution >= 0.6 is 0 Å². The molecule has 4 heteroatoms. The van der Waals surface area contributed by atoms with Crippen LogP contribution in [-0.4, -0.2) is 24.0 Å². The Balaban J connectivity index is 2.02. The standard InChI is InChI=1S/C17H16FNO2/c18-15-9-11(5-6-16(15)20)13-3-1-2-4-14(13)17(21)12-7-8-19-10-12/h1-6,9,12,19-20H,7-8,10H2. The summed E-state index contributed by atoms with van der Waals surface area (Å²) < 4.78 is 13.6. The minimum absolute atomic E-state index is 0.0203. The van der Waals surface area contributed by atoms with Gasteiger partial charge in [0.1, 0.15) is 0 Å². The van der Waals surface area contributed by atoms with Crippen molar-refractivity contribution in [3.05, 3.63) is 53.8 Å². The quantitative estimate of drug-likeness (QED) is 0.852. The van der Waals surface area contributed by atoms with E-state index in [1.807, 2.05) is 12.1 Å². The van der Waals surface area contributed by atoms with E-state index in [1.165, 1.54) is 12.1 Å². The Labute approximate surface area is 122 Å². The van der Waals surface area contributed by atoms with E-state index in [1.54, 1.807) is 18.2 Å². The van der Waals surface area contributed by atoms with E-state index in [9.17, 15) is 14.3 Å². The van der Waals surface area contributed by atoms with Crippen LogP contribution in [-0.2, 0) is 0 Å². The van der Waals surface area contributed by atoms with Crippen molar-refractivity contribution in [1.29, 1.82) is 0 Å². The SMILES string of the molecule is O=C(c1ccccc1-c1ccc(O)c(F)c1)C1CCNC1. The number of phenolic OH excluding ortho intramolecular Hbond substituents is 1. The van der Waals surface area contributed by atoms with E-state index in [2.05, 4.69) is 5.32 Å². The first-order valence-electron chi connectivity index (χ1n) is 6.99. The average Bonchev–Trinajstić information content (AvgIpc) is 3.04. The van der Waals surface area contributed by atoms with E-state index in [0.29, 0.717) is 23.2 Å². The molecule has 2 aromatic rings. The molecule has 2 aromatic carbocycles. The average molecular weight is 285 g/mol. The van der Waals surface area contributed by atoms with Crippen molar-refractivity contribution in [2.75, 3.05) is 13.1 Å². The highest BCUT2D eigenvalue weighted by molar-refractivity contribution is 6.04. The fraction of sp³-hybridized carbons (Fsp3) is 0.235. The number of carbonyl (C=O) groups is 1. The molecule has 1 heterocycles. The van der Waals surface area contributed by atoms with Gasteiger partial charge in [-0.2, -0.15) is 0 Å². The number of Topliss-reactive ketones (excluding diaryl/α,β-unsaturated/α-hetero) is 1. The molecule has 108 valence electrons. The van der Waals surface area contributed by atoms with Crippen molar-refractivity contribution in [3.63, 3.8) is 0 Å². The third kappa shape index (κ3) is 2.67. The second-order valence-corrected chi connectivity index (χ2v) is 5.27. The van der Waals surface area contributed by atoms with Crippen LogP contribution in [0.2, 0.25) is 0 Å². The van der Waals surface area contributed by atoms with Gasteiger partial charge in [-0.05, 0) is 36.2 Å². The molecule has 3 nitrogen and oxygen atoms in total. The number of benzene rings is 2. The maximum absolute atomic E-state index is 13.6. The summed E-state index contributed by atoms with van der Waals surface area (Å²) in [6, 6.07) is 11.4. The lowest BCUT2D eigenvalue weighted by molar-refractivity contribution is 0.0931. The molecular formula is C17H16FNO2. The van der Waals surface area contributed by atoms with Crippen LogP contribution in [0.5, 0.6) is 5.75 Å². The summed E-state index contributed by atoms with van der Waals surface area (Å²) in [6.45, 7) is 1.55. The van der Waals surface area contributed by atoms with Crippen LogP contribution in [0, 0.1) is 11.7 Å². The zero-order valence-electron chi connectivity index (χ0n) is 11.5. The van der Waals surface area contributed by atoms with Gasteiger partial charge in [-0.1, -0.05) is 30.3 Å². The molecule has 0 radical (unpaired) electrons. The molecule has 0 aliphatic carbocycles. The zero-order valence-corrected chi connectivity index (χ0v) is 11.5. The minimum Gasteiger partial charge on any atom is -0.505 e. The summed E-state index contributed by atoms with van der Waals surface area (Å²) >= 11 is 0. The van der Waals surface area contributed by atoms with E-state index < -0.39 is 5.82 Å². The lowest BCUT2D eigenvalue weighted by Gasteiger charge is -2.12. The molecule has 0 spiro atoms. The molecule has 1 unspecified atom stereocenters. The Kier molecular flexibility index (Phi) is 3.71. The second kappa shape index (κ2) is 5.66. The molecular weight excluding hydrogens is 269 g/mol. The predicted octanol–water partition coefficient (Wildman–Crippen LogP) is 2.99. The Morgan fingerprint density at radius 2 is 2.05 bits per heavy atom. The summed E-state index contributed by atoms with van der Waals surface area (Å²) in [5, 5.41) is 12.5. The topological polar surface area (TPSA) is 49.3 Å². The number of halogens is 1. The largest absolute Gasteiger partial charge is 0.505 e. The predicted molar refractivity (Wildman–Crippen MR) is 78.8 cm³/mol. The molecule has 1 fully saturated rings. The van der Waals surface area contributed by atoms with Crippen molar-refractivity contribution >= 4 is 5.78 Å². The van der Waals surface area contributed by atoms with Gasteiger partial charge in [-0.3, -0.25) is 4.79 Å². The number of rotatable bonds is 3. The third-order valence-corrected chi connectivity index (χ3v) is 3.88. The summed E-state index contributed by atoms with van der Waals surface area (Å²) in [6.07, 6.45) is 0.830. The minimum atomic E-state index is -0.683. The Hall–Kier alpha value is -2.20. The fourth-order valence-electron chi connectivity index (χ4n) is 2.72. The van der Waals surface area contributed by atoms with Gasteiger partial charge < -0.3 is 10.4 Å². The van der Waals surface area contributed by atoms with Crippen molar-refractivity contribution in [3.8, 4) is 16.9 Å². The molecule has 2 N–H and O–H groups in total. The molecule has 21 heavy (non-hydrogen) atoms. The number of hydrogen-bond acceptors (Lipinski definition) is 3. The van der Waals surface area contributed by atoms with E-state index >= 15 is 0 Å². The van der Waals surface area contributed by atoms with E-state index in [0.717, 1.165) is 13.0 Å². The van der Waals surface area contributed by atoms with Crippen molar-refractivity contribution in [1.82, 2.24) is 5.32 Å². The molecule has 1 saturated heterocycles. The van der Waals surface area contributed by atoms with Gasteiger partial charge in [0.25, 0.3) is 0 Å². The third-order valence-electron chi connectivity index (χ3n) is 3.88. The highest BCUT2D eigenvalue weighted by Crippen LogP contribution is 2.29.